The molecule has 0 bridgehead atoms. The van der Waals surface area contributed by atoms with Gasteiger partial charge in [-0.1, -0.05) is 6.92 Å². The fraction of sp³-hybridized carbons (Fsp3) is 0.692. The number of carbonyl (C=O) groups excluding carboxylic acids is 1. The highest BCUT2D eigenvalue weighted by Gasteiger charge is 2.28. The van der Waals surface area contributed by atoms with E-state index in [1.54, 1.807) is 6.20 Å². The molecule has 0 aliphatic heterocycles. The predicted octanol–water partition coefficient (Wildman–Crippen LogP) is 1.11. The maximum atomic E-state index is 12.3. The van der Waals surface area contributed by atoms with Crippen LogP contribution in [0, 0.1) is 0 Å². The van der Waals surface area contributed by atoms with Crippen LogP contribution >= 0.6 is 0 Å². The SMILES string of the molecule is CCC(CCO)NC(=O)C1CCCc2[nH]ncc21. The number of hydrogen-bond donors (Lipinski definition) is 3. The fourth-order valence-electron chi connectivity index (χ4n) is 2.57. The highest BCUT2D eigenvalue weighted by Crippen LogP contribution is 2.30. The highest BCUT2D eigenvalue weighted by molar-refractivity contribution is 5.84. The first-order valence-corrected chi connectivity index (χ1v) is 6.69. The third-order valence-corrected chi connectivity index (χ3v) is 3.68. The van der Waals surface area contributed by atoms with E-state index in [2.05, 4.69) is 15.5 Å². The summed E-state index contributed by atoms with van der Waals surface area (Å²) in [5, 5.41) is 19.0. The van der Waals surface area contributed by atoms with Crippen LogP contribution in [-0.2, 0) is 11.2 Å². The van der Waals surface area contributed by atoms with E-state index in [1.165, 1.54) is 0 Å². The van der Waals surface area contributed by atoms with Crippen molar-refractivity contribution in [2.45, 2.75) is 51.0 Å². The summed E-state index contributed by atoms with van der Waals surface area (Å²) >= 11 is 0. The molecule has 0 spiro atoms. The fourth-order valence-corrected chi connectivity index (χ4v) is 2.57. The molecule has 5 heteroatoms. The van der Waals surface area contributed by atoms with Crippen LogP contribution < -0.4 is 5.32 Å². The number of amides is 1. The van der Waals surface area contributed by atoms with Crippen molar-refractivity contribution < 1.29 is 9.90 Å². The number of carbonyl (C=O) groups is 1. The summed E-state index contributed by atoms with van der Waals surface area (Å²) in [7, 11) is 0. The molecule has 1 heterocycles. The first-order chi connectivity index (χ1) is 8.76. The minimum atomic E-state index is -0.0831. The van der Waals surface area contributed by atoms with Gasteiger partial charge in [0.1, 0.15) is 0 Å². The number of nitrogens with zero attached hydrogens (tertiary/aromatic N) is 1. The Morgan fingerprint density at radius 3 is 3.28 bits per heavy atom. The van der Waals surface area contributed by atoms with E-state index in [-0.39, 0.29) is 24.5 Å². The lowest BCUT2D eigenvalue weighted by Gasteiger charge is -2.24. The summed E-state index contributed by atoms with van der Waals surface area (Å²) in [5.74, 6) is -0.0158. The maximum Gasteiger partial charge on any atom is 0.227 e. The van der Waals surface area contributed by atoms with Gasteiger partial charge in [0.25, 0.3) is 0 Å². The van der Waals surface area contributed by atoms with Crippen LogP contribution in [0.15, 0.2) is 6.20 Å². The molecule has 100 valence electrons. The molecule has 0 radical (unpaired) electrons. The number of fused-ring (bicyclic) bond motifs is 1. The molecular weight excluding hydrogens is 230 g/mol. The van der Waals surface area contributed by atoms with Gasteiger partial charge in [-0.05, 0) is 32.1 Å². The van der Waals surface area contributed by atoms with E-state index in [0.717, 1.165) is 36.9 Å². The first kappa shape index (κ1) is 13.1. The quantitative estimate of drug-likeness (QED) is 0.733. The number of aryl methyl sites for hydroxylation is 1. The number of aromatic amines is 1. The van der Waals surface area contributed by atoms with Crippen molar-refractivity contribution in [3.8, 4) is 0 Å². The monoisotopic (exact) mass is 251 g/mol. The third-order valence-electron chi connectivity index (χ3n) is 3.68. The van der Waals surface area contributed by atoms with E-state index in [0.29, 0.717) is 6.42 Å². The second-order valence-electron chi connectivity index (χ2n) is 4.87. The maximum absolute atomic E-state index is 12.3. The molecule has 5 nitrogen and oxygen atoms in total. The molecule has 2 unspecified atom stereocenters. The summed E-state index contributed by atoms with van der Waals surface area (Å²) in [4.78, 5) is 12.3. The van der Waals surface area contributed by atoms with Crippen LogP contribution in [0.5, 0.6) is 0 Å². The van der Waals surface area contributed by atoms with Crippen LogP contribution in [0.1, 0.15) is 49.8 Å². The molecule has 1 aliphatic rings. The minimum absolute atomic E-state index is 0.0673. The largest absolute Gasteiger partial charge is 0.396 e. The van der Waals surface area contributed by atoms with E-state index in [4.69, 9.17) is 5.11 Å². The number of rotatable bonds is 5. The molecule has 0 saturated heterocycles. The lowest BCUT2D eigenvalue weighted by molar-refractivity contribution is -0.123. The molecule has 2 atom stereocenters. The zero-order chi connectivity index (χ0) is 13.0. The van der Waals surface area contributed by atoms with Crippen LogP contribution in [0.3, 0.4) is 0 Å². The molecule has 1 amide bonds. The van der Waals surface area contributed by atoms with Crippen molar-refractivity contribution in [1.82, 2.24) is 15.5 Å². The Morgan fingerprint density at radius 2 is 2.56 bits per heavy atom. The summed E-state index contributed by atoms with van der Waals surface area (Å²) in [6, 6.07) is 0.0692. The molecule has 18 heavy (non-hydrogen) atoms. The lowest BCUT2D eigenvalue weighted by atomic mass is 9.86. The van der Waals surface area contributed by atoms with E-state index >= 15 is 0 Å². The Hall–Kier alpha value is -1.36. The Balaban J connectivity index is 2.02. The van der Waals surface area contributed by atoms with Crippen molar-refractivity contribution in [3.63, 3.8) is 0 Å². The van der Waals surface area contributed by atoms with Gasteiger partial charge in [-0.3, -0.25) is 9.89 Å². The van der Waals surface area contributed by atoms with Gasteiger partial charge in [-0.25, -0.2) is 0 Å². The summed E-state index contributed by atoms with van der Waals surface area (Å²) in [5.41, 5.74) is 2.13. The number of aromatic nitrogens is 2. The molecule has 0 saturated carbocycles. The van der Waals surface area contributed by atoms with Gasteiger partial charge in [-0.15, -0.1) is 0 Å². The standard InChI is InChI=1S/C13H21N3O2/c1-2-9(6-7-17)15-13(18)10-4-3-5-12-11(10)8-14-16-12/h8-10,17H,2-7H2,1H3,(H,14,16)(H,15,18). The van der Waals surface area contributed by atoms with Crippen molar-refractivity contribution >= 4 is 5.91 Å². The Morgan fingerprint density at radius 1 is 1.72 bits per heavy atom. The van der Waals surface area contributed by atoms with Crippen LogP contribution in [0.25, 0.3) is 0 Å². The van der Waals surface area contributed by atoms with Crippen molar-refractivity contribution in [3.05, 3.63) is 17.5 Å². The van der Waals surface area contributed by atoms with E-state index in [1.807, 2.05) is 6.92 Å². The summed E-state index contributed by atoms with van der Waals surface area (Å²) < 4.78 is 0. The van der Waals surface area contributed by atoms with Crippen molar-refractivity contribution in [1.29, 1.82) is 0 Å². The summed E-state index contributed by atoms with van der Waals surface area (Å²) in [6.45, 7) is 2.13. The average molecular weight is 251 g/mol. The molecule has 0 aromatic carbocycles. The molecule has 1 aromatic heterocycles. The Kier molecular flexibility index (Phi) is 4.36. The average Bonchev–Trinajstić information content (AvgIpc) is 2.85. The molecule has 1 aromatic rings. The zero-order valence-electron chi connectivity index (χ0n) is 10.8. The van der Waals surface area contributed by atoms with Crippen LogP contribution in [0.2, 0.25) is 0 Å². The number of aliphatic hydroxyl groups is 1. The van der Waals surface area contributed by atoms with Gasteiger partial charge in [0.2, 0.25) is 5.91 Å². The number of H-pyrrole nitrogens is 1. The predicted molar refractivity (Wildman–Crippen MR) is 68.2 cm³/mol. The first-order valence-electron chi connectivity index (χ1n) is 6.69. The van der Waals surface area contributed by atoms with Crippen molar-refractivity contribution in [2.24, 2.45) is 0 Å². The smallest absolute Gasteiger partial charge is 0.227 e. The number of nitrogens with one attached hydrogen (secondary N) is 2. The molecule has 0 fully saturated rings. The van der Waals surface area contributed by atoms with Gasteiger partial charge in [0.15, 0.2) is 0 Å². The highest BCUT2D eigenvalue weighted by atomic mass is 16.3. The summed E-state index contributed by atoms with van der Waals surface area (Å²) in [6.07, 6.45) is 6.11. The van der Waals surface area contributed by atoms with Gasteiger partial charge >= 0.3 is 0 Å². The number of hydrogen-bond acceptors (Lipinski definition) is 3. The second kappa shape index (κ2) is 6.00. The lowest BCUT2D eigenvalue weighted by Crippen LogP contribution is -2.39. The molecule has 2 rings (SSSR count). The minimum Gasteiger partial charge on any atom is -0.396 e. The third kappa shape index (κ3) is 2.72. The second-order valence-corrected chi connectivity index (χ2v) is 4.87. The van der Waals surface area contributed by atoms with Gasteiger partial charge in [-0.2, -0.15) is 5.10 Å². The zero-order valence-corrected chi connectivity index (χ0v) is 10.8. The normalized spacial score (nSPS) is 20.2. The molecule has 1 aliphatic carbocycles. The van der Waals surface area contributed by atoms with E-state index < -0.39 is 0 Å². The van der Waals surface area contributed by atoms with Crippen LogP contribution in [0.4, 0.5) is 0 Å². The topological polar surface area (TPSA) is 78.0 Å². The van der Waals surface area contributed by atoms with Gasteiger partial charge in [0, 0.05) is 23.9 Å². The van der Waals surface area contributed by atoms with E-state index in [9.17, 15) is 4.79 Å². The number of aliphatic hydroxyl groups excluding tert-OH is 1. The van der Waals surface area contributed by atoms with Crippen molar-refractivity contribution in [2.75, 3.05) is 6.61 Å². The van der Waals surface area contributed by atoms with Crippen LogP contribution in [-0.4, -0.2) is 33.9 Å². The Labute approximate surface area is 107 Å². The van der Waals surface area contributed by atoms with Gasteiger partial charge < -0.3 is 10.4 Å². The molecule has 3 N–H and O–H groups in total. The molecular formula is C13H21N3O2. The Bertz CT molecular complexity index is 403. The van der Waals surface area contributed by atoms with Gasteiger partial charge in [0.05, 0.1) is 12.1 Å².